The lowest BCUT2D eigenvalue weighted by Gasteiger charge is -2.30. The van der Waals surface area contributed by atoms with Crippen LogP contribution < -0.4 is 20.9 Å². The average molecular weight is 692 g/mol. The highest BCUT2D eigenvalue weighted by molar-refractivity contribution is 6.29. The molecule has 0 aromatic carbocycles. The molecule has 0 amide bonds. The van der Waals surface area contributed by atoms with E-state index in [2.05, 4.69) is 25.2 Å². The van der Waals surface area contributed by atoms with Crippen molar-refractivity contribution in [1.82, 2.24) is 20.3 Å². The zero-order chi connectivity index (χ0) is 34.2. The average Bonchev–Trinajstić information content (AvgIpc) is 3.07. The van der Waals surface area contributed by atoms with Crippen LogP contribution in [0, 0.1) is 20.2 Å². The summed E-state index contributed by atoms with van der Waals surface area (Å²) in [5.74, 6) is 1.68. The van der Waals surface area contributed by atoms with Crippen LogP contribution >= 0.6 is 11.6 Å². The van der Waals surface area contributed by atoms with Gasteiger partial charge in [0.2, 0.25) is 0 Å². The standard InChI is InChI=1S/C10H13N3O3.C10H15N3O.C5H3ClN2O2.C5H11NO.CH4/c14-9-3-5-12(6-4-9)10-2-1-8(7-11-10)13(15)16;11-8-1-2-10(12-7-8)13-5-3-9(14)4-6-13;6-5-2-1-4(3-7-5)8(9)10;7-5-1-3-6-4-2-5;/h1-2,7,9,14H,3-6H2;1-2,7,9,14H,3-6,11H2;1-3H;5-7H,1-4H2;1H4. The molecular weight excluding hydrogens is 646 g/mol. The van der Waals surface area contributed by atoms with Gasteiger partial charge in [0.15, 0.2) is 0 Å². The van der Waals surface area contributed by atoms with Gasteiger partial charge in [-0.2, -0.15) is 0 Å². The zero-order valence-electron chi connectivity index (χ0n) is 26.0. The number of nitrogen functional groups attached to an aromatic ring is 1. The van der Waals surface area contributed by atoms with Crippen molar-refractivity contribution >= 4 is 40.3 Å². The molecule has 0 spiro atoms. The third-order valence-corrected chi connectivity index (χ3v) is 7.75. The molecule has 3 aromatic heterocycles. The highest BCUT2D eigenvalue weighted by Gasteiger charge is 2.19. The molecule has 0 bridgehead atoms. The first kappa shape index (κ1) is 40.0. The fourth-order valence-corrected chi connectivity index (χ4v) is 4.84. The lowest BCUT2D eigenvalue weighted by molar-refractivity contribution is -0.385. The molecule has 3 saturated heterocycles. The second kappa shape index (κ2) is 20.9. The predicted octanol–water partition coefficient (Wildman–Crippen LogP) is 3.59. The minimum Gasteiger partial charge on any atom is -0.397 e. The molecule has 3 aliphatic heterocycles. The Morgan fingerprint density at radius 3 is 1.44 bits per heavy atom. The number of nitrogens with zero attached hydrogens (tertiary/aromatic N) is 7. The summed E-state index contributed by atoms with van der Waals surface area (Å²) in [5, 5.41) is 51.5. The van der Waals surface area contributed by atoms with Gasteiger partial charge < -0.3 is 36.2 Å². The molecule has 17 heteroatoms. The molecule has 6 N–H and O–H groups in total. The number of aliphatic hydroxyl groups excluding tert-OH is 3. The fourth-order valence-electron chi connectivity index (χ4n) is 4.73. The quantitative estimate of drug-likeness (QED) is 0.150. The molecule has 0 saturated carbocycles. The number of pyridine rings is 3. The third-order valence-electron chi connectivity index (χ3n) is 7.52. The number of aliphatic hydroxyl groups is 3. The number of nitrogens with one attached hydrogen (secondary N) is 1. The molecule has 3 aliphatic rings. The molecule has 3 aromatic rings. The van der Waals surface area contributed by atoms with Gasteiger partial charge in [-0.25, -0.2) is 15.0 Å². The fraction of sp³-hybridized carbons (Fsp3) is 0.516. The summed E-state index contributed by atoms with van der Waals surface area (Å²) in [6.07, 6.45) is 8.61. The Morgan fingerprint density at radius 1 is 0.688 bits per heavy atom. The van der Waals surface area contributed by atoms with Crippen molar-refractivity contribution in [2.45, 2.75) is 64.3 Å². The van der Waals surface area contributed by atoms with Crippen molar-refractivity contribution in [1.29, 1.82) is 0 Å². The summed E-state index contributed by atoms with van der Waals surface area (Å²) in [5.41, 5.74) is 6.19. The molecule has 48 heavy (non-hydrogen) atoms. The van der Waals surface area contributed by atoms with Crippen LogP contribution in [0.1, 0.15) is 46.0 Å². The van der Waals surface area contributed by atoms with Gasteiger partial charge in [-0.3, -0.25) is 20.2 Å². The van der Waals surface area contributed by atoms with E-state index in [1.807, 2.05) is 17.0 Å². The van der Waals surface area contributed by atoms with Crippen LogP contribution in [0.3, 0.4) is 0 Å². The first-order valence-electron chi connectivity index (χ1n) is 15.3. The van der Waals surface area contributed by atoms with E-state index in [1.54, 1.807) is 12.3 Å². The monoisotopic (exact) mass is 691 g/mol. The Morgan fingerprint density at radius 2 is 1.10 bits per heavy atom. The number of hydrogen-bond acceptors (Lipinski definition) is 14. The maximum atomic E-state index is 10.5. The van der Waals surface area contributed by atoms with Gasteiger partial charge in [-0.1, -0.05) is 19.0 Å². The summed E-state index contributed by atoms with van der Waals surface area (Å²) in [6, 6.07) is 9.55. The number of halogens is 1. The van der Waals surface area contributed by atoms with E-state index in [-0.39, 0.29) is 42.3 Å². The van der Waals surface area contributed by atoms with Gasteiger partial charge in [0, 0.05) is 38.3 Å². The van der Waals surface area contributed by atoms with Crippen molar-refractivity contribution in [2.24, 2.45) is 0 Å². The van der Waals surface area contributed by atoms with Crippen molar-refractivity contribution < 1.29 is 25.2 Å². The summed E-state index contributed by atoms with van der Waals surface area (Å²) < 4.78 is 0. The Hall–Kier alpha value is -4.22. The molecule has 3 fully saturated rings. The summed E-state index contributed by atoms with van der Waals surface area (Å²) in [6.45, 7) is 5.20. The number of nitrogens with two attached hydrogens (primary N) is 1. The molecule has 264 valence electrons. The van der Waals surface area contributed by atoms with E-state index >= 15 is 0 Å². The van der Waals surface area contributed by atoms with Crippen molar-refractivity contribution in [3.05, 3.63) is 80.4 Å². The molecule has 0 unspecified atom stereocenters. The second-order valence-electron chi connectivity index (χ2n) is 11.1. The second-order valence-corrected chi connectivity index (χ2v) is 11.5. The number of hydrogen-bond donors (Lipinski definition) is 5. The Kier molecular flexibility index (Phi) is 17.4. The number of rotatable bonds is 4. The van der Waals surface area contributed by atoms with E-state index in [4.69, 9.17) is 22.4 Å². The van der Waals surface area contributed by atoms with Crippen molar-refractivity contribution in [3.63, 3.8) is 0 Å². The summed E-state index contributed by atoms with van der Waals surface area (Å²) in [4.78, 5) is 35.5. The van der Waals surface area contributed by atoms with Gasteiger partial charge in [-0.15, -0.1) is 0 Å². The van der Waals surface area contributed by atoms with E-state index in [9.17, 15) is 30.4 Å². The smallest absolute Gasteiger partial charge is 0.287 e. The number of piperidine rings is 3. The van der Waals surface area contributed by atoms with Crippen molar-refractivity contribution in [2.75, 3.05) is 54.8 Å². The van der Waals surface area contributed by atoms with Crippen LogP contribution in [-0.2, 0) is 0 Å². The lowest BCUT2D eigenvalue weighted by Crippen LogP contribution is -2.36. The lowest BCUT2D eigenvalue weighted by atomic mass is 10.1. The van der Waals surface area contributed by atoms with Gasteiger partial charge >= 0.3 is 0 Å². The third kappa shape index (κ3) is 14.3. The normalized spacial score (nSPS) is 16.8. The molecule has 6 rings (SSSR count). The molecule has 6 heterocycles. The van der Waals surface area contributed by atoms with E-state index < -0.39 is 9.85 Å². The Bertz CT molecular complexity index is 1350. The first-order chi connectivity index (χ1) is 22.5. The van der Waals surface area contributed by atoms with E-state index in [0.29, 0.717) is 5.69 Å². The minimum atomic E-state index is -0.524. The molecule has 0 aliphatic carbocycles. The Balaban J connectivity index is 0.000000230. The van der Waals surface area contributed by atoms with Crippen LogP contribution in [0.2, 0.25) is 5.15 Å². The molecule has 0 atom stereocenters. The van der Waals surface area contributed by atoms with Crippen LogP contribution in [-0.4, -0.2) is 97.7 Å². The molecule has 0 radical (unpaired) electrons. The van der Waals surface area contributed by atoms with Gasteiger partial charge in [0.1, 0.15) is 29.2 Å². The van der Waals surface area contributed by atoms with E-state index in [1.165, 1.54) is 24.4 Å². The zero-order valence-corrected chi connectivity index (χ0v) is 26.7. The molecular formula is C31H46ClN9O7. The SMILES string of the molecule is C.Nc1ccc(N2CCC(O)CC2)nc1.O=[N+]([O-])c1ccc(Cl)nc1.O=[N+]([O-])c1ccc(N2CCC(O)CC2)nc1.OC1CCNCC1. The highest BCUT2D eigenvalue weighted by Crippen LogP contribution is 2.20. The van der Waals surface area contributed by atoms with Crippen LogP contribution in [0.25, 0.3) is 0 Å². The number of anilines is 3. The van der Waals surface area contributed by atoms with Gasteiger partial charge in [-0.05, 0) is 75.9 Å². The van der Waals surface area contributed by atoms with Crippen LogP contribution in [0.15, 0.2) is 55.0 Å². The first-order valence-corrected chi connectivity index (χ1v) is 15.7. The maximum absolute atomic E-state index is 10.5. The maximum Gasteiger partial charge on any atom is 0.287 e. The minimum absolute atomic E-state index is 0. The largest absolute Gasteiger partial charge is 0.397 e. The number of nitro groups is 2. The highest BCUT2D eigenvalue weighted by atomic mass is 35.5. The van der Waals surface area contributed by atoms with Crippen LogP contribution in [0.4, 0.5) is 28.7 Å². The van der Waals surface area contributed by atoms with Crippen molar-refractivity contribution in [3.8, 4) is 0 Å². The number of aromatic nitrogens is 3. The topological polar surface area (TPSA) is 230 Å². The van der Waals surface area contributed by atoms with E-state index in [0.717, 1.165) is 95.6 Å². The Labute approximate surface area is 284 Å². The van der Waals surface area contributed by atoms with Crippen LogP contribution in [0.5, 0.6) is 0 Å². The summed E-state index contributed by atoms with van der Waals surface area (Å²) >= 11 is 5.38. The summed E-state index contributed by atoms with van der Waals surface area (Å²) in [7, 11) is 0. The molecule has 16 nitrogen and oxygen atoms in total. The predicted molar refractivity (Wildman–Crippen MR) is 185 cm³/mol. The van der Waals surface area contributed by atoms with Gasteiger partial charge in [0.05, 0.1) is 40.0 Å². The van der Waals surface area contributed by atoms with Gasteiger partial charge in [0.25, 0.3) is 11.4 Å².